The van der Waals surface area contributed by atoms with Crippen LogP contribution in [0.5, 0.6) is 0 Å². The van der Waals surface area contributed by atoms with E-state index in [9.17, 15) is 4.79 Å². The smallest absolute Gasteiger partial charge is 0.267 e. The van der Waals surface area contributed by atoms with Crippen molar-refractivity contribution in [3.63, 3.8) is 0 Å². The monoisotopic (exact) mass is 328 g/mol. The Hall–Kier alpha value is -2.40. The first-order valence-electron chi connectivity index (χ1n) is 7.54. The maximum atomic E-state index is 13.0. The number of halogens is 1. The number of fused-ring (bicyclic) bond motifs is 1. The molecule has 0 fully saturated rings. The molecule has 0 spiro atoms. The first-order chi connectivity index (χ1) is 11.1. The standard InChI is InChI=1S/C17H17ClN4O/c1-2-3-7-15-21-13-6-4-5-12(18)16(13)17(23)22(15)11-8-9-14(19)20-10-11/h4-6,8-10H,2-3,7H2,1H3,(H2,19,20). The van der Waals surface area contributed by atoms with Gasteiger partial charge in [-0.1, -0.05) is 31.0 Å². The highest BCUT2D eigenvalue weighted by atomic mass is 35.5. The second kappa shape index (κ2) is 6.38. The number of benzene rings is 1. The van der Waals surface area contributed by atoms with Crippen molar-refractivity contribution in [3.05, 3.63) is 57.7 Å². The van der Waals surface area contributed by atoms with E-state index in [-0.39, 0.29) is 5.56 Å². The minimum atomic E-state index is -0.182. The Balaban J connectivity index is 2.32. The predicted molar refractivity (Wildman–Crippen MR) is 93.2 cm³/mol. The normalized spacial score (nSPS) is 11.0. The van der Waals surface area contributed by atoms with Crippen LogP contribution in [0.1, 0.15) is 25.6 Å². The minimum absolute atomic E-state index is 0.182. The first kappa shape index (κ1) is 15.5. The summed E-state index contributed by atoms with van der Waals surface area (Å²) in [5.74, 6) is 1.11. The van der Waals surface area contributed by atoms with Gasteiger partial charge in [0, 0.05) is 6.42 Å². The lowest BCUT2D eigenvalue weighted by Gasteiger charge is -2.13. The summed E-state index contributed by atoms with van der Waals surface area (Å²) in [6, 6.07) is 8.75. The molecule has 118 valence electrons. The Morgan fingerprint density at radius 3 is 2.78 bits per heavy atom. The quantitative estimate of drug-likeness (QED) is 0.797. The lowest BCUT2D eigenvalue weighted by Crippen LogP contribution is -2.24. The fraction of sp³-hybridized carbons (Fsp3) is 0.235. The Morgan fingerprint density at radius 1 is 1.26 bits per heavy atom. The Kier molecular flexibility index (Phi) is 4.30. The SMILES string of the molecule is CCCCc1nc2cccc(Cl)c2c(=O)n1-c1ccc(N)nc1. The lowest BCUT2D eigenvalue weighted by molar-refractivity contribution is 0.720. The number of aryl methyl sites for hydroxylation is 1. The molecule has 1 aromatic carbocycles. The van der Waals surface area contributed by atoms with Crippen molar-refractivity contribution < 1.29 is 0 Å². The third kappa shape index (κ3) is 2.92. The molecular weight excluding hydrogens is 312 g/mol. The summed E-state index contributed by atoms with van der Waals surface area (Å²) in [5, 5.41) is 0.824. The molecule has 2 heterocycles. The summed E-state index contributed by atoms with van der Waals surface area (Å²) in [6.07, 6.45) is 4.25. The molecule has 0 amide bonds. The largest absolute Gasteiger partial charge is 0.384 e. The highest BCUT2D eigenvalue weighted by molar-refractivity contribution is 6.35. The highest BCUT2D eigenvalue weighted by Crippen LogP contribution is 2.21. The first-order valence-corrected chi connectivity index (χ1v) is 7.91. The van der Waals surface area contributed by atoms with E-state index in [0.29, 0.717) is 39.7 Å². The van der Waals surface area contributed by atoms with Crippen LogP contribution in [0, 0.1) is 0 Å². The number of nitrogens with two attached hydrogens (primary N) is 1. The average molecular weight is 329 g/mol. The molecule has 23 heavy (non-hydrogen) atoms. The van der Waals surface area contributed by atoms with Gasteiger partial charge in [0.15, 0.2) is 0 Å². The molecule has 2 N–H and O–H groups in total. The van der Waals surface area contributed by atoms with Crippen LogP contribution in [0.2, 0.25) is 5.02 Å². The molecule has 0 bridgehead atoms. The highest BCUT2D eigenvalue weighted by Gasteiger charge is 2.14. The van der Waals surface area contributed by atoms with Crippen LogP contribution in [0.25, 0.3) is 16.6 Å². The summed E-state index contributed by atoms with van der Waals surface area (Å²) < 4.78 is 1.58. The molecule has 0 atom stereocenters. The van der Waals surface area contributed by atoms with Gasteiger partial charge in [0.1, 0.15) is 11.6 Å². The van der Waals surface area contributed by atoms with E-state index >= 15 is 0 Å². The Bertz CT molecular complexity index is 903. The number of nitrogens with zero attached hydrogens (tertiary/aromatic N) is 3. The number of pyridine rings is 1. The van der Waals surface area contributed by atoms with Gasteiger partial charge in [-0.3, -0.25) is 9.36 Å². The van der Waals surface area contributed by atoms with Crippen LogP contribution >= 0.6 is 11.6 Å². The number of hydrogen-bond acceptors (Lipinski definition) is 4. The predicted octanol–water partition coefficient (Wildman–Crippen LogP) is 3.36. The molecule has 3 rings (SSSR count). The molecule has 5 nitrogen and oxygen atoms in total. The number of nitrogen functional groups attached to an aromatic ring is 1. The third-order valence-electron chi connectivity index (χ3n) is 3.70. The fourth-order valence-electron chi connectivity index (χ4n) is 2.53. The van der Waals surface area contributed by atoms with Crippen LogP contribution in [-0.2, 0) is 6.42 Å². The van der Waals surface area contributed by atoms with E-state index < -0.39 is 0 Å². The van der Waals surface area contributed by atoms with Crippen LogP contribution in [0.3, 0.4) is 0 Å². The molecule has 0 saturated carbocycles. The van der Waals surface area contributed by atoms with Crippen LogP contribution in [-0.4, -0.2) is 14.5 Å². The second-order valence-corrected chi connectivity index (χ2v) is 5.75. The molecule has 0 aliphatic carbocycles. The lowest BCUT2D eigenvalue weighted by atomic mass is 10.2. The average Bonchev–Trinajstić information content (AvgIpc) is 2.54. The van der Waals surface area contributed by atoms with Crippen molar-refractivity contribution in [1.82, 2.24) is 14.5 Å². The van der Waals surface area contributed by atoms with E-state index in [1.165, 1.54) is 0 Å². The van der Waals surface area contributed by atoms with Crippen molar-refractivity contribution in [1.29, 1.82) is 0 Å². The van der Waals surface area contributed by atoms with Crippen LogP contribution in [0.15, 0.2) is 41.3 Å². The van der Waals surface area contributed by atoms with Crippen molar-refractivity contribution in [2.24, 2.45) is 0 Å². The zero-order chi connectivity index (χ0) is 16.4. The van der Waals surface area contributed by atoms with Gasteiger partial charge < -0.3 is 5.73 Å². The van der Waals surface area contributed by atoms with Crippen molar-refractivity contribution in [3.8, 4) is 5.69 Å². The molecule has 0 saturated heterocycles. The molecule has 0 unspecified atom stereocenters. The molecule has 2 aromatic heterocycles. The minimum Gasteiger partial charge on any atom is -0.384 e. The Labute approximate surface area is 138 Å². The van der Waals surface area contributed by atoms with Crippen LogP contribution in [0.4, 0.5) is 5.82 Å². The molecular formula is C17H17ClN4O. The number of hydrogen-bond donors (Lipinski definition) is 1. The van der Waals surface area contributed by atoms with Crippen molar-refractivity contribution in [2.75, 3.05) is 5.73 Å². The molecule has 0 aliphatic heterocycles. The number of anilines is 1. The maximum absolute atomic E-state index is 13.0. The van der Waals surface area contributed by atoms with Gasteiger partial charge in [-0.15, -0.1) is 0 Å². The van der Waals surface area contributed by atoms with Crippen molar-refractivity contribution in [2.45, 2.75) is 26.2 Å². The zero-order valence-electron chi connectivity index (χ0n) is 12.8. The number of unbranched alkanes of at least 4 members (excludes halogenated alkanes) is 1. The molecule has 0 radical (unpaired) electrons. The van der Waals surface area contributed by atoms with Gasteiger partial charge in [-0.2, -0.15) is 0 Å². The molecule has 3 aromatic rings. The van der Waals surface area contributed by atoms with E-state index in [1.807, 2.05) is 6.07 Å². The van der Waals surface area contributed by atoms with Crippen molar-refractivity contribution >= 4 is 28.3 Å². The van der Waals surface area contributed by atoms with E-state index in [4.69, 9.17) is 17.3 Å². The second-order valence-electron chi connectivity index (χ2n) is 5.35. The van der Waals surface area contributed by atoms with E-state index in [0.717, 1.165) is 12.8 Å². The van der Waals surface area contributed by atoms with Gasteiger partial charge in [0.05, 0.1) is 27.8 Å². The fourth-order valence-corrected chi connectivity index (χ4v) is 2.78. The number of aromatic nitrogens is 3. The van der Waals surface area contributed by atoms with Gasteiger partial charge >= 0.3 is 0 Å². The van der Waals surface area contributed by atoms with Gasteiger partial charge in [0.2, 0.25) is 0 Å². The third-order valence-corrected chi connectivity index (χ3v) is 4.01. The van der Waals surface area contributed by atoms with Crippen LogP contribution < -0.4 is 11.3 Å². The topological polar surface area (TPSA) is 73.8 Å². The summed E-state index contributed by atoms with van der Waals surface area (Å²) in [6.45, 7) is 2.10. The summed E-state index contributed by atoms with van der Waals surface area (Å²) in [7, 11) is 0. The van der Waals surface area contributed by atoms with Gasteiger partial charge in [-0.25, -0.2) is 9.97 Å². The summed E-state index contributed by atoms with van der Waals surface area (Å²) >= 11 is 6.21. The van der Waals surface area contributed by atoms with Gasteiger partial charge in [0.25, 0.3) is 5.56 Å². The zero-order valence-corrected chi connectivity index (χ0v) is 13.5. The summed E-state index contributed by atoms with van der Waals surface area (Å²) in [4.78, 5) is 21.7. The van der Waals surface area contributed by atoms with E-state index in [2.05, 4.69) is 16.9 Å². The van der Waals surface area contributed by atoms with E-state index in [1.54, 1.807) is 35.0 Å². The molecule has 0 aliphatic rings. The Morgan fingerprint density at radius 2 is 2.09 bits per heavy atom. The summed E-state index contributed by atoms with van der Waals surface area (Å²) in [5.41, 5.74) is 6.72. The molecule has 6 heteroatoms. The maximum Gasteiger partial charge on any atom is 0.267 e. The number of rotatable bonds is 4. The van der Waals surface area contributed by atoms with Gasteiger partial charge in [-0.05, 0) is 30.7 Å².